The molecule has 0 spiro atoms. The molecule has 4 heteroatoms. The molecule has 0 unspecified atom stereocenters. The summed E-state index contributed by atoms with van der Waals surface area (Å²) < 4.78 is 0. The minimum atomic E-state index is -0.523. The monoisotopic (exact) mass is 204 g/mol. The maximum atomic E-state index is 11.4. The number of piperazine rings is 1. The molecule has 1 atom stereocenters. The second-order valence-corrected chi connectivity index (χ2v) is 3.55. The third-order valence-electron chi connectivity index (χ3n) is 2.62. The lowest BCUT2D eigenvalue weighted by Crippen LogP contribution is -2.52. The van der Waals surface area contributed by atoms with Crippen molar-refractivity contribution in [3.05, 3.63) is 35.9 Å². The molecule has 1 saturated heterocycles. The van der Waals surface area contributed by atoms with Gasteiger partial charge >= 0.3 is 11.8 Å². The van der Waals surface area contributed by atoms with Gasteiger partial charge in [0.05, 0.1) is 6.04 Å². The van der Waals surface area contributed by atoms with Gasteiger partial charge in [-0.3, -0.25) is 9.59 Å². The Bertz CT molecular complexity index is 389. The Kier molecular flexibility index (Phi) is 2.41. The number of benzene rings is 1. The first kappa shape index (κ1) is 9.71. The van der Waals surface area contributed by atoms with E-state index in [0.717, 1.165) is 5.56 Å². The summed E-state index contributed by atoms with van der Waals surface area (Å²) >= 11 is 0. The van der Waals surface area contributed by atoms with Crippen LogP contribution in [-0.4, -0.2) is 30.3 Å². The zero-order valence-corrected chi connectivity index (χ0v) is 8.43. The van der Waals surface area contributed by atoms with Gasteiger partial charge in [0.1, 0.15) is 0 Å². The van der Waals surface area contributed by atoms with Gasteiger partial charge in [-0.2, -0.15) is 0 Å². The minimum absolute atomic E-state index is 0.0589. The van der Waals surface area contributed by atoms with Crippen molar-refractivity contribution in [2.24, 2.45) is 0 Å². The fourth-order valence-electron chi connectivity index (χ4n) is 1.72. The van der Waals surface area contributed by atoms with Crippen LogP contribution in [0.4, 0.5) is 0 Å². The van der Waals surface area contributed by atoms with Gasteiger partial charge in [0, 0.05) is 13.6 Å². The number of rotatable bonds is 1. The van der Waals surface area contributed by atoms with Crippen molar-refractivity contribution < 1.29 is 9.59 Å². The summed E-state index contributed by atoms with van der Waals surface area (Å²) in [7, 11) is 1.65. The summed E-state index contributed by atoms with van der Waals surface area (Å²) in [4.78, 5) is 24.0. The molecule has 15 heavy (non-hydrogen) atoms. The zero-order valence-electron chi connectivity index (χ0n) is 8.43. The van der Waals surface area contributed by atoms with Crippen LogP contribution in [0.3, 0.4) is 0 Å². The standard InChI is InChI=1S/C11H12N2O2/c1-13-9(7-12-10(14)11(13)15)8-5-3-2-4-6-8/h2-6,9H,7H2,1H3,(H,12,14)/t9-/m0/s1. The number of hydrogen-bond acceptors (Lipinski definition) is 2. The number of likely N-dealkylation sites (N-methyl/N-ethyl adjacent to an activating group) is 1. The predicted molar refractivity (Wildman–Crippen MR) is 55.0 cm³/mol. The fraction of sp³-hybridized carbons (Fsp3) is 0.273. The molecule has 2 amide bonds. The van der Waals surface area contributed by atoms with Gasteiger partial charge in [-0.05, 0) is 5.56 Å². The molecule has 0 bridgehead atoms. The summed E-state index contributed by atoms with van der Waals surface area (Å²) in [5.41, 5.74) is 1.04. The lowest BCUT2D eigenvalue weighted by Gasteiger charge is -2.32. The summed E-state index contributed by atoms with van der Waals surface area (Å²) in [6, 6.07) is 9.61. The van der Waals surface area contributed by atoms with Crippen LogP contribution in [-0.2, 0) is 9.59 Å². The first-order valence-corrected chi connectivity index (χ1v) is 4.80. The van der Waals surface area contributed by atoms with E-state index in [1.54, 1.807) is 7.05 Å². The van der Waals surface area contributed by atoms with Crippen molar-refractivity contribution in [1.82, 2.24) is 10.2 Å². The predicted octanol–water partition coefficient (Wildman–Crippen LogP) is 0.316. The Morgan fingerprint density at radius 1 is 1.27 bits per heavy atom. The van der Waals surface area contributed by atoms with Crippen LogP contribution in [0.5, 0.6) is 0 Å². The number of nitrogens with one attached hydrogen (secondary N) is 1. The summed E-state index contributed by atoms with van der Waals surface area (Å²) in [6.07, 6.45) is 0. The van der Waals surface area contributed by atoms with Crippen LogP contribution in [0, 0.1) is 0 Å². The average molecular weight is 204 g/mol. The van der Waals surface area contributed by atoms with Crippen LogP contribution < -0.4 is 5.32 Å². The molecule has 1 heterocycles. The summed E-state index contributed by atoms with van der Waals surface area (Å²) in [5.74, 6) is -1.00. The fourth-order valence-corrected chi connectivity index (χ4v) is 1.72. The zero-order chi connectivity index (χ0) is 10.8. The highest BCUT2D eigenvalue weighted by atomic mass is 16.2. The molecular weight excluding hydrogens is 192 g/mol. The van der Waals surface area contributed by atoms with Crippen LogP contribution in [0.25, 0.3) is 0 Å². The van der Waals surface area contributed by atoms with E-state index in [9.17, 15) is 9.59 Å². The van der Waals surface area contributed by atoms with E-state index in [1.165, 1.54) is 4.90 Å². The highest BCUT2D eigenvalue weighted by Crippen LogP contribution is 2.20. The Morgan fingerprint density at radius 2 is 1.93 bits per heavy atom. The minimum Gasteiger partial charge on any atom is -0.345 e. The number of carbonyl (C=O) groups is 2. The third kappa shape index (κ3) is 1.70. The van der Waals surface area contributed by atoms with Crippen LogP contribution in [0.1, 0.15) is 11.6 Å². The van der Waals surface area contributed by atoms with Crippen molar-refractivity contribution in [3.63, 3.8) is 0 Å². The first-order chi connectivity index (χ1) is 7.20. The molecule has 1 aliphatic rings. The van der Waals surface area contributed by atoms with E-state index in [2.05, 4.69) is 5.32 Å². The molecule has 1 fully saturated rings. The highest BCUT2D eigenvalue weighted by Gasteiger charge is 2.31. The van der Waals surface area contributed by atoms with Crippen molar-refractivity contribution in [2.75, 3.05) is 13.6 Å². The number of carbonyl (C=O) groups excluding carboxylic acids is 2. The molecule has 2 rings (SSSR count). The normalized spacial score (nSPS) is 21.4. The number of amides is 2. The van der Waals surface area contributed by atoms with E-state index in [-0.39, 0.29) is 6.04 Å². The maximum Gasteiger partial charge on any atom is 0.312 e. The summed E-state index contributed by atoms with van der Waals surface area (Å²) in [5, 5.41) is 2.58. The van der Waals surface area contributed by atoms with E-state index in [1.807, 2.05) is 30.3 Å². The number of nitrogens with zero attached hydrogens (tertiary/aromatic N) is 1. The lowest BCUT2D eigenvalue weighted by molar-refractivity contribution is -0.149. The maximum absolute atomic E-state index is 11.4. The van der Waals surface area contributed by atoms with Gasteiger partial charge in [-0.1, -0.05) is 30.3 Å². The summed E-state index contributed by atoms with van der Waals surface area (Å²) in [6.45, 7) is 0.477. The van der Waals surface area contributed by atoms with Crippen molar-refractivity contribution in [3.8, 4) is 0 Å². The molecule has 78 valence electrons. The van der Waals surface area contributed by atoms with Gasteiger partial charge in [0.15, 0.2) is 0 Å². The molecule has 4 nitrogen and oxygen atoms in total. The molecular formula is C11H12N2O2. The first-order valence-electron chi connectivity index (χ1n) is 4.80. The molecule has 0 radical (unpaired) electrons. The molecule has 1 aromatic carbocycles. The molecule has 0 aliphatic carbocycles. The molecule has 1 aromatic rings. The topological polar surface area (TPSA) is 49.4 Å². The van der Waals surface area contributed by atoms with Crippen LogP contribution in [0.2, 0.25) is 0 Å². The van der Waals surface area contributed by atoms with E-state index in [0.29, 0.717) is 6.54 Å². The highest BCUT2D eigenvalue weighted by molar-refractivity contribution is 6.35. The van der Waals surface area contributed by atoms with Crippen molar-refractivity contribution in [1.29, 1.82) is 0 Å². The molecule has 1 N–H and O–H groups in total. The number of hydrogen-bond donors (Lipinski definition) is 1. The Morgan fingerprint density at radius 3 is 2.60 bits per heavy atom. The lowest BCUT2D eigenvalue weighted by atomic mass is 10.0. The second-order valence-electron chi connectivity index (χ2n) is 3.55. The van der Waals surface area contributed by atoms with Gasteiger partial charge < -0.3 is 10.2 Å². The molecule has 1 aliphatic heterocycles. The van der Waals surface area contributed by atoms with Gasteiger partial charge in [-0.25, -0.2) is 0 Å². The Balaban J connectivity index is 2.25. The third-order valence-corrected chi connectivity index (χ3v) is 2.62. The SMILES string of the molecule is CN1C(=O)C(=O)NC[C@H]1c1ccccc1. The quantitative estimate of drug-likeness (QED) is 0.669. The molecule has 0 aromatic heterocycles. The van der Waals surface area contributed by atoms with E-state index < -0.39 is 11.8 Å². The molecule has 0 saturated carbocycles. The largest absolute Gasteiger partial charge is 0.345 e. The van der Waals surface area contributed by atoms with Crippen LogP contribution >= 0.6 is 0 Å². The van der Waals surface area contributed by atoms with E-state index in [4.69, 9.17) is 0 Å². The van der Waals surface area contributed by atoms with Gasteiger partial charge in [-0.15, -0.1) is 0 Å². The van der Waals surface area contributed by atoms with Crippen molar-refractivity contribution >= 4 is 11.8 Å². The average Bonchev–Trinajstić information content (AvgIpc) is 2.27. The Labute approximate surface area is 87.9 Å². The second kappa shape index (κ2) is 3.73. The van der Waals surface area contributed by atoms with Gasteiger partial charge in [0.25, 0.3) is 0 Å². The Hall–Kier alpha value is -1.84. The van der Waals surface area contributed by atoms with Crippen molar-refractivity contribution in [2.45, 2.75) is 6.04 Å². The van der Waals surface area contributed by atoms with Gasteiger partial charge in [0.2, 0.25) is 0 Å². The van der Waals surface area contributed by atoms with E-state index >= 15 is 0 Å². The smallest absolute Gasteiger partial charge is 0.312 e. The van der Waals surface area contributed by atoms with Crippen LogP contribution in [0.15, 0.2) is 30.3 Å².